The maximum atomic E-state index is 7.16. The van der Waals surface area contributed by atoms with E-state index in [-0.39, 0.29) is 39.3 Å². The number of thiophene rings is 1. The van der Waals surface area contributed by atoms with Gasteiger partial charge in [-0.3, -0.25) is 0 Å². The molecule has 0 saturated carbocycles. The van der Waals surface area contributed by atoms with E-state index in [2.05, 4.69) is 209 Å². The Hall–Kier alpha value is -5.78. The Morgan fingerprint density at radius 2 is 1.01 bits per heavy atom. The fourth-order valence-corrected chi connectivity index (χ4v) is 15.9. The predicted molar refractivity (Wildman–Crippen MR) is 311 cm³/mol. The number of para-hydroxylation sites is 1. The minimum absolute atomic E-state index is 0.0144. The van der Waals surface area contributed by atoms with Crippen molar-refractivity contribution in [2.75, 3.05) is 9.71 Å². The van der Waals surface area contributed by atoms with Crippen LogP contribution in [-0.2, 0) is 32.5 Å². The third kappa shape index (κ3) is 6.04. The van der Waals surface area contributed by atoms with Gasteiger partial charge in [0.1, 0.15) is 11.2 Å². The van der Waals surface area contributed by atoms with Crippen LogP contribution in [0.15, 0.2) is 114 Å². The summed E-state index contributed by atoms with van der Waals surface area (Å²) < 4.78 is 9.82. The van der Waals surface area contributed by atoms with Gasteiger partial charge >= 0.3 is 6.85 Å². The topological polar surface area (TPSA) is 19.6 Å². The highest BCUT2D eigenvalue weighted by Gasteiger charge is 2.50. The number of hydrogen-bond donors (Lipinski definition) is 0. The molecule has 7 aromatic carbocycles. The van der Waals surface area contributed by atoms with Crippen molar-refractivity contribution in [2.24, 2.45) is 0 Å². The highest BCUT2D eigenvalue weighted by atomic mass is 32.1. The SMILES string of the molecule is Cc1cc2c(cc1N1c3cc4sc5ccccc5c4cc3B3c4c1cc1oc5ccccc5c1c4-c1cc4c(cc1N3c1ccc3c(c1)C(C)(C)CCC3(C)C)C(C)(C)CCC4(C)C)C(C)(C)CCC2(C)C. The number of benzene rings is 7. The fourth-order valence-electron chi connectivity index (χ4n) is 14.7. The summed E-state index contributed by atoms with van der Waals surface area (Å²) in [5.41, 5.74) is 24.1. The average molecular weight is 961 g/mol. The number of hydrogen-bond acceptors (Lipinski definition) is 4. The fraction of sp³-hybridized carbons (Fsp3) is 0.373. The lowest BCUT2D eigenvalue weighted by molar-refractivity contribution is 0.332. The van der Waals surface area contributed by atoms with Gasteiger partial charge < -0.3 is 14.1 Å². The molecular formula is C67H69BN2OS. The molecule has 0 N–H and O–H groups in total. The van der Waals surface area contributed by atoms with Crippen LogP contribution < -0.4 is 20.6 Å². The minimum Gasteiger partial charge on any atom is -0.456 e. The maximum Gasteiger partial charge on any atom is 0.333 e. The molecule has 0 spiro atoms. The Kier molecular flexibility index (Phi) is 8.91. The van der Waals surface area contributed by atoms with Crippen molar-refractivity contribution in [2.45, 2.75) is 161 Å². The van der Waals surface area contributed by atoms with E-state index in [0.29, 0.717) is 0 Å². The van der Waals surface area contributed by atoms with Gasteiger partial charge in [0.25, 0.3) is 0 Å². The predicted octanol–water partition coefficient (Wildman–Crippen LogP) is 18.0. The Morgan fingerprint density at radius 1 is 0.458 bits per heavy atom. The number of anilines is 5. The van der Waals surface area contributed by atoms with Crippen LogP contribution in [0, 0.1) is 6.92 Å². The van der Waals surface area contributed by atoms with E-state index in [4.69, 9.17) is 4.42 Å². The van der Waals surface area contributed by atoms with E-state index >= 15 is 0 Å². The molecule has 4 heterocycles. The second-order valence-corrected chi connectivity index (χ2v) is 28.0. The highest BCUT2D eigenvalue weighted by molar-refractivity contribution is 7.26. The first-order valence-corrected chi connectivity index (χ1v) is 27.9. The van der Waals surface area contributed by atoms with E-state index < -0.39 is 0 Å². The summed E-state index contributed by atoms with van der Waals surface area (Å²) in [6, 6.07) is 43.7. The zero-order chi connectivity index (χ0) is 50.0. The van der Waals surface area contributed by atoms with Crippen molar-refractivity contribution >= 4 is 99.7 Å². The second-order valence-electron chi connectivity index (χ2n) is 26.9. The summed E-state index contributed by atoms with van der Waals surface area (Å²) in [5.74, 6) is 0. The third-order valence-electron chi connectivity index (χ3n) is 19.5. The molecule has 0 atom stereocenters. The van der Waals surface area contributed by atoms with Crippen molar-refractivity contribution in [3.63, 3.8) is 0 Å². The summed E-state index contributed by atoms with van der Waals surface area (Å²) >= 11 is 1.93. The van der Waals surface area contributed by atoms with Crippen LogP contribution in [0.4, 0.5) is 28.4 Å². The van der Waals surface area contributed by atoms with Crippen LogP contribution in [-0.4, -0.2) is 6.85 Å². The van der Waals surface area contributed by atoms with E-state index in [9.17, 15) is 0 Å². The number of furan rings is 1. The Bertz CT molecular complexity index is 3870. The lowest BCUT2D eigenvalue weighted by Crippen LogP contribution is -2.61. The lowest BCUT2D eigenvalue weighted by atomic mass is 9.43. The van der Waals surface area contributed by atoms with E-state index in [1.54, 1.807) is 0 Å². The highest BCUT2D eigenvalue weighted by Crippen LogP contribution is 2.58. The first-order chi connectivity index (χ1) is 34.0. The molecule has 0 amide bonds. The largest absolute Gasteiger partial charge is 0.456 e. The van der Waals surface area contributed by atoms with Gasteiger partial charge in [-0.15, -0.1) is 11.3 Å². The third-order valence-corrected chi connectivity index (χ3v) is 20.7. The molecule has 5 heteroatoms. The van der Waals surface area contributed by atoms with Crippen molar-refractivity contribution in [3.8, 4) is 11.1 Å². The summed E-state index contributed by atoms with van der Waals surface area (Å²) in [7, 11) is 0. The molecule has 2 aliphatic heterocycles. The van der Waals surface area contributed by atoms with E-state index in [0.717, 1.165) is 30.4 Å². The zero-order valence-corrected chi connectivity index (χ0v) is 45.7. The number of rotatable bonds is 2. The van der Waals surface area contributed by atoms with Gasteiger partial charge in [0, 0.05) is 71.0 Å². The van der Waals surface area contributed by atoms with Gasteiger partial charge in [-0.2, -0.15) is 0 Å². The van der Waals surface area contributed by atoms with E-state index in [1.807, 2.05) is 11.3 Å². The molecule has 5 aliphatic rings. The number of fused-ring (bicyclic) bond motifs is 14. The zero-order valence-electron chi connectivity index (χ0n) is 44.9. The van der Waals surface area contributed by atoms with Crippen molar-refractivity contribution < 1.29 is 4.42 Å². The molecule has 2 aromatic heterocycles. The molecule has 3 aliphatic carbocycles. The van der Waals surface area contributed by atoms with Gasteiger partial charge in [0.2, 0.25) is 0 Å². The van der Waals surface area contributed by atoms with E-state index in [1.165, 1.54) is 140 Å². The minimum atomic E-state index is -0.140. The molecule has 0 saturated heterocycles. The van der Waals surface area contributed by atoms with Gasteiger partial charge in [-0.05, 0) is 182 Å². The summed E-state index contributed by atoms with van der Waals surface area (Å²) in [4.78, 5) is 5.52. The second kappa shape index (κ2) is 14.3. The molecule has 14 rings (SSSR count). The Labute approximate surface area is 431 Å². The molecule has 72 heavy (non-hydrogen) atoms. The van der Waals surface area contributed by atoms with Crippen LogP contribution >= 0.6 is 11.3 Å². The van der Waals surface area contributed by atoms with Crippen LogP contribution in [0.5, 0.6) is 0 Å². The van der Waals surface area contributed by atoms with Crippen LogP contribution in [0.3, 0.4) is 0 Å². The molecule has 0 radical (unpaired) electrons. The molecule has 0 fully saturated rings. The van der Waals surface area contributed by atoms with Crippen LogP contribution in [0.25, 0.3) is 53.2 Å². The molecule has 0 bridgehead atoms. The smallest absolute Gasteiger partial charge is 0.333 e. The van der Waals surface area contributed by atoms with Crippen molar-refractivity contribution in [3.05, 3.63) is 148 Å². The first kappa shape index (κ1) is 44.9. The van der Waals surface area contributed by atoms with Crippen LogP contribution in [0.2, 0.25) is 0 Å². The Morgan fingerprint density at radius 3 is 1.68 bits per heavy atom. The molecule has 362 valence electrons. The lowest BCUT2D eigenvalue weighted by Gasteiger charge is -2.49. The summed E-state index contributed by atoms with van der Waals surface area (Å²) in [6.45, 7) is 32.0. The first-order valence-electron chi connectivity index (χ1n) is 27.1. The maximum absolute atomic E-state index is 7.16. The standard InChI is InChI=1S/C67H69BN2OS/c1-38-30-45-48(66(10,11)28-26-63(45,4)5)34-51(38)69-53-37-58-42(40-18-15-17-21-57(40)72-58)33-50(53)68-61-54(69)36-56-59(41-19-14-16-20-55(41)71-56)60(61)43-32-47-49(67(12,13)29-27-65(47,8)9)35-52(43)70(68)39-22-23-44-46(31-39)64(6,7)25-24-62(44,2)3/h14-23,30-37H,24-29H2,1-13H3. The van der Waals surface area contributed by atoms with Gasteiger partial charge in [0.05, 0.1) is 0 Å². The Balaban J connectivity index is 1.18. The normalized spacial score (nSPS) is 20.3. The number of nitrogens with zero attached hydrogens (tertiary/aromatic N) is 2. The molecule has 0 unspecified atom stereocenters. The quantitative estimate of drug-likeness (QED) is 0.161. The molecule has 9 aromatic rings. The average Bonchev–Trinajstić information content (AvgIpc) is 3.90. The monoisotopic (exact) mass is 961 g/mol. The number of aryl methyl sites for hydroxylation is 1. The van der Waals surface area contributed by atoms with Gasteiger partial charge in [-0.1, -0.05) is 138 Å². The summed E-state index contributed by atoms with van der Waals surface area (Å²) in [6.07, 6.45) is 7.01. The van der Waals surface area contributed by atoms with Crippen LogP contribution in [0.1, 0.15) is 161 Å². The van der Waals surface area contributed by atoms with Gasteiger partial charge in [-0.25, -0.2) is 0 Å². The molecular weight excluding hydrogens is 892 g/mol. The summed E-state index contributed by atoms with van der Waals surface area (Å²) in [5, 5.41) is 5.09. The van der Waals surface area contributed by atoms with Crippen molar-refractivity contribution in [1.82, 2.24) is 0 Å². The molecule has 3 nitrogen and oxygen atoms in total. The van der Waals surface area contributed by atoms with Crippen molar-refractivity contribution in [1.29, 1.82) is 0 Å². The van der Waals surface area contributed by atoms with Gasteiger partial charge in [0.15, 0.2) is 0 Å².